The number of rotatable bonds is 19. The zero-order chi connectivity index (χ0) is 48.6. The number of nitrogens with zero attached hydrogens (tertiary/aromatic N) is 2. The molecule has 0 spiro atoms. The van der Waals surface area contributed by atoms with Crippen LogP contribution in [0.1, 0.15) is 68.0 Å². The molecule has 2 saturated heterocycles. The van der Waals surface area contributed by atoms with Crippen LogP contribution in [0.2, 0.25) is 5.02 Å². The van der Waals surface area contributed by atoms with Crippen LogP contribution in [0.4, 0.5) is 24.5 Å². The van der Waals surface area contributed by atoms with Gasteiger partial charge in [-0.1, -0.05) is 80.0 Å². The molecule has 5 aromatic carbocycles. The van der Waals surface area contributed by atoms with Crippen LogP contribution in [0.3, 0.4) is 0 Å². The molecular weight excluding hydrogens is 955 g/mol. The first-order chi connectivity index (χ1) is 32.4. The second-order valence-electron chi connectivity index (χ2n) is 17.6. The van der Waals surface area contributed by atoms with Crippen LogP contribution in [0.25, 0.3) is 11.1 Å². The second-order valence-corrected chi connectivity index (χ2v) is 22.7. The van der Waals surface area contributed by atoms with Crippen molar-refractivity contribution in [3.8, 4) is 11.1 Å². The van der Waals surface area contributed by atoms with Crippen molar-refractivity contribution >= 4 is 60.5 Å². The maximum atomic E-state index is 14.3. The number of benzene rings is 5. The van der Waals surface area contributed by atoms with Crippen LogP contribution >= 0.6 is 23.4 Å². The lowest BCUT2D eigenvalue weighted by atomic mass is 9.84. The summed E-state index contributed by atoms with van der Waals surface area (Å²) in [6.07, 6.45) is 2.94. The van der Waals surface area contributed by atoms with Crippen molar-refractivity contribution in [2.45, 2.75) is 90.4 Å². The van der Waals surface area contributed by atoms with Crippen LogP contribution in [0, 0.1) is 5.92 Å². The van der Waals surface area contributed by atoms with Gasteiger partial charge in [-0.05, 0) is 128 Å². The number of amides is 1. The summed E-state index contributed by atoms with van der Waals surface area (Å²) in [5, 5.41) is 18.6. The summed E-state index contributed by atoms with van der Waals surface area (Å²) in [5.41, 5.74) is -2.70. The average Bonchev–Trinajstić information content (AvgIpc) is 3.76. The quantitative estimate of drug-likeness (QED) is 0.0587. The highest BCUT2D eigenvalue weighted by molar-refractivity contribution is 7.99. The smallest absolute Gasteiger partial charge is 0.388 e. The van der Waals surface area contributed by atoms with Crippen LogP contribution in [-0.2, 0) is 19.9 Å². The molecular formula is C50H57ClF3N5O6S3. The third-order valence-electron chi connectivity index (χ3n) is 12.6. The number of carbonyl (C=O) groups is 1. The van der Waals surface area contributed by atoms with Crippen molar-refractivity contribution in [1.29, 1.82) is 0 Å². The molecule has 2 fully saturated rings. The lowest BCUT2D eigenvalue weighted by Gasteiger charge is -2.36. The van der Waals surface area contributed by atoms with E-state index in [1.54, 1.807) is 12.1 Å². The maximum Gasteiger partial charge on any atom is 0.501 e. The first-order valence-corrected chi connectivity index (χ1v) is 27.0. The standard InChI is InChI=1S/C50H57ClF3N5O6S3/c1-34(2)55-26-30-58-27-8-9-41(58)31-39(33-66-42-10-4-3-5-11-42)56-46-23-22-43(32-47(46)67(62,63)50(52,53)54)68(64,65)57-49(61)37-16-20-40(21-17-37)59-28-24-36(25-29-59)48(60)45-13-7-6-12-44(45)35-14-18-38(51)19-15-35/h3-7,10-23,32,34,36,39,41,48,55-56,60H,8-9,24-31,33H2,1-2H3,(H,57,61)/t39-,41+,48-/m1/s1. The van der Waals surface area contributed by atoms with Gasteiger partial charge < -0.3 is 20.6 Å². The number of hydrogen-bond donors (Lipinski definition) is 4. The third kappa shape index (κ3) is 12.8. The van der Waals surface area contributed by atoms with Gasteiger partial charge >= 0.3 is 5.51 Å². The molecule has 68 heavy (non-hydrogen) atoms. The van der Waals surface area contributed by atoms with Gasteiger partial charge in [-0.2, -0.15) is 13.2 Å². The number of sulfone groups is 1. The minimum atomic E-state index is -6.08. The number of halogens is 4. The van der Waals surface area contributed by atoms with Crippen molar-refractivity contribution in [2.75, 3.05) is 48.7 Å². The Balaban J connectivity index is 1.04. The molecule has 0 aliphatic carbocycles. The molecule has 0 unspecified atom stereocenters. The Kier molecular flexibility index (Phi) is 16.9. The summed E-state index contributed by atoms with van der Waals surface area (Å²) in [7, 11) is -11.0. The first-order valence-electron chi connectivity index (χ1n) is 22.7. The Morgan fingerprint density at radius 2 is 1.53 bits per heavy atom. The average molecular weight is 1010 g/mol. The zero-order valence-corrected chi connectivity index (χ0v) is 41.0. The minimum absolute atomic E-state index is 0.0170. The Labute approximate surface area is 406 Å². The van der Waals surface area contributed by atoms with Crippen LogP contribution < -0.4 is 20.3 Å². The predicted octanol–water partition coefficient (Wildman–Crippen LogP) is 9.79. The van der Waals surface area contributed by atoms with Crippen LogP contribution in [-0.4, -0.2) is 94.9 Å². The summed E-state index contributed by atoms with van der Waals surface area (Å²) in [4.78, 5) is 16.7. The molecule has 5 aromatic rings. The number of aliphatic hydroxyl groups is 1. The van der Waals surface area contributed by atoms with Gasteiger partial charge in [0.2, 0.25) is 0 Å². The summed E-state index contributed by atoms with van der Waals surface area (Å²) >= 11 is 7.58. The van der Waals surface area contributed by atoms with E-state index in [1.807, 2.05) is 83.6 Å². The number of likely N-dealkylation sites (tertiary alicyclic amines) is 1. The lowest BCUT2D eigenvalue weighted by Crippen LogP contribution is -2.40. The van der Waals surface area contributed by atoms with E-state index in [9.17, 15) is 39.9 Å². The van der Waals surface area contributed by atoms with E-state index in [1.165, 1.54) is 23.9 Å². The van der Waals surface area contributed by atoms with Gasteiger partial charge in [0.1, 0.15) is 4.90 Å². The molecule has 0 bridgehead atoms. The van der Waals surface area contributed by atoms with E-state index in [0.29, 0.717) is 55.2 Å². The monoisotopic (exact) mass is 1010 g/mol. The molecule has 2 aliphatic rings. The highest BCUT2D eigenvalue weighted by Crippen LogP contribution is 2.39. The van der Waals surface area contributed by atoms with Crippen molar-refractivity contribution < 1.29 is 39.9 Å². The number of alkyl halides is 3. The van der Waals surface area contributed by atoms with Crippen molar-refractivity contribution in [2.24, 2.45) is 5.92 Å². The highest BCUT2D eigenvalue weighted by Gasteiger charge is 2.48. The van der Waals surface area contributed by atoms with Crippen molar-refractivity contribution in [3.05, 3.63) is 137 Å². The molecule has 4 N–H and O–H groups in total. The van der Waals surface area contributed by atoms with Gasteiger partial charge in [-0.25, -0.2) is 21.6 Å². The van der Waals surface area contributed by atoms with Gasteiger partial charge in [-0.3, -0.25) is 9.69 Å². The number of sulfonamides is 1. The van der Waals surface area contributed by atoms with Gasteiger partial charge in [0, 0.05) is 71.2 Å². The normalized spacial score (nSPS) is 17.3. The van der Waals surface area contributed by atoms with E-state index in [4.69, 9.17) is 11.6 Å². The van der Waals surface area contributed by atoms with Gasteiger partial charge in [0.25, 0.3) is 25.8 Å². The molecule has 2 heterocycles. The largest absolute Gasteiger partial charge is 0.501 e. The summed E-state index contributed by atoms with van der Waals surface area (Å²) in [6.45, 7) is 7.72. The zero-order valence-electron chi connectivity index (χ0n) is 37.8. The summed E-state index contributed by atoms with van der Waals surface area (Å²) in [5.74, 6) is -0.694. The van der Waals surface area contributed by atoms with E-state index < -0.39 is 58.9 Å². The minimum Gasteiger partial charge on any atom is -0.388 e. The molecule has 0 aromatic heterocycles. The number of anilines is 2. The van der Waals surface area contributed by atoms with Gasteiger partial charge in [0.05, 0.1) is 16.7 Å². The second kappa shape index (κ2) is 22.4. The molecule has 11 nitrogen and oxygen atoms in total. The molecule has 2 aliphatic heterocycles. The topological polar surface area (TPSA) is 148 Å². The maximum absolute atomic E-state index is 14.3. The molecule has 3 atom stereocenters. The predicted molar refractivity (Wildman–Crippen MR) is 264 cm³/mol. The number of aliphatic hydroxyl groups excluding tert-OH is 1. The number of nitrogens with one attached hydrogen (secondary N) is 3. The fourth-order valence-corrected chi connectivity index (χ4v) is 12.1. The fraction of sp³-hybridized carbons (Fsp3) is 0.380. The number of piperidine rings is 1. The Hall–Kier alpha value is -4.62. The molecule has 364 valence electrons. The number of carbonyl (C=O) groups excluding carboxylic acids is 1. The van der Waals surface area contributed by atoms with Crippen LogP contribution in [0.15, 0.2) is 136 Å². The summed E-state index contributed by atoms with van der Waals surface area (Å²) < 4.78 is 98.6. The molecule has 18 heteroatoms. The number of thioether (sulfide) groups is 1. The van der Waals surface area contributed by atoms with Crippen LogP contribution in [0.5, 0.6) is 0 Å². The lowest BCUT2D eigenvalue weighted by molar-refractivity contribution is -0.0435. The molecule has 0 saturated carbocycles. The molecule has 0 radical (unpaired) electrons. The first kappa shape index (κ1) is 51.2. The Bertz CT molecular complexity index is 2710. The summed E-state index contributed by atoms with van der Waals surface area (Å²) in [6, 6.07) is 33.2. The number of hydrogen-bond acceptors (Lipinski definition) is 11. The molecule has 7 rings (SSSR count). The van der Waals surface area contributed by atoms with E-state index in [2.05, 4.69) is 34.3 Å². The van der Waals surface area contributed by atoms with Crippen molar-refractivity contribution in [1.82, 2.24) is 14.9 Å². The Morgan fingerprint density at radius 3 is 2.21 bits per heavy atom. The highest BCUT2D eigenvalue weighted by atomic mass is 35.5. The Morgan fingerprint density at radius 1 is 0.853 bits per heavy atom. The van der Waals surface area contributed by atoms with Gasteiger partial charge in [-0.15, -0.1) is 11.8 Å². The fourth-order valence-electron chi connectivity index (χ4n) is 8.96. The van der Waals surface area contributed by atoms with E-state index >= 15 is 0 Å². The van der Waals surface area contributed by atoms with E-state index in [0.717, 1.165) is 71.9 Å². The molecule has 1 amide bonds. The van der Waals surface area contributed by atoms with Gasteiger partial charge in [0.15, 0.2) is 0 Å². The third-order valence-corrected chi connectivity index (χ3v) is 16.8. The van der Waals surface area contributed by atoms with E-state index in [-0.39, 0.29) is 17.5 Å². The SMILES string of the molecule is CC(C)NCCN1CCC[C@H]1C[C@H](CSc1ccccc1)Nc1ccc(S(=O)(=O)NC(=O)c2ccc(N3CCC([C@@H](O)c4ccccc4-c4ccc(Cl)cc4)CC3)cc2)cc1S(=O)(=O)C(F)(F)F. The van der Waals surface area contributed by atoms with Crippen molar-refractivity contribution in [3.63, 3.8) is 0 Å².